The molecule has 0 radical (unpaired) electrons. The van der Waals surface area contributed by atoms with Crippen molar-refractivity contribution in [1.82, 2.24) is 15.0 Å². The van der Waals surface area contributed by atoms with Crippen LogP contribution in [0.5, 0.6) is 5.88 Å². The predicted octanol–water partition coefficient (Wildman–Crippen LogP) is 3.99. The number of rotatable bonds is 8. The van der Waals surface area contributed by atoms with Gasteiger partial charge in [0.05, 0.1) is 41.3 Å². The highest BCUT2D eigenvalue weighted by Gasteiger charge is 2.48. The van der Waals surface area contributed by atoms with Crippen LogP contribution in [0, 0.1) is 19.8 Å². The van der Waals surface area contributed by atoms with Crippen molar-refractivity contribution in [3.63, 3.8) is 0 Å². The second kappa shape index (κ2) is 11.3. The number of furan rings is 1. The van der Waals surface area contributed by atoms with Gasteiger partial charge in [0.15, 0.2) is 5.58 Å². The molecule has 3 heterocycles. The molecule has 3 aromatic heterocycles. The Hall–Kier alpha value is -2.87. The number of aliphatic hydroxyl groups is 3. The molecule has 0 spiro atoms. The van der Waals surface area contributed by atoms with Crippen LogP contribution in [-0.2, 0) is 0 Å². The van der Waals surface area contributed by atoms with E-state index in [1.165, 1.54) is 13.8 Å². The fourth-order valence-corrected chi connectivity index (χ4v) is 4.81. The van der Waals surface area contributed by atoms with Gasteiger partial charge in [0.25, 0.3) is 0 Å². The molecule has 4 atom stereocenters. The Bertz CT molecular complexity index is 1310. The van der Waals surface area contributed by atoms with Crippen molar-refractivity contribution in [2.45, 2.75) is 71.1 Å². The van der Waals surface area contributed by atoms with Crippen LogP contribution in [0.15, 0.2) is 16.5 Å². The lowest BCUT2D eigenvalue weighted by Gasteiger charge is -2.28. The molecule has 1 fully saturated rings. The van der Waals surface area contributed by atoms with E-state index in [0.717, 1.165) is 0 Å². The highest BCUT2D eigenvalue weighted by atomic mass is 35.5. The molecule has 4 rings (SSSR count). The molecule has 10 nitrogen and oxygen atoms in total. The van der Waals surface area contributed by atoms with Gasteiger partial charge >= 0.3 is 6.18 Å². The maximum absolute atomic E-state index is 12.9. The van der Waals surface area contributed by atoms with Crippen LogP contribution < -0.4 is 15.4 Å². The van der Waals surface area contributed by atoms with Crippen molar-refractivity contribution in [2.24, 2.45) is 5.92 Å². The molecule has 1 saturated carbocycles. The van der Waals surface area contributed by atoms with Gasteiger partial charge in [0, 0.05) is 17.4 Å². The topological polar surface area (TPSA) is 146 Å². The van der Waals surface area contributed by atoms with E-state index in [9.17, 15) is 28.5 Å². The lowest BCUT2D eigenvalue weighted by atomic mass is 9.88. The molecule has 0 bridgehead atoms. The number of halogens is 4. The number of alkyl halides is 3. The van der Waals surface area contributed by atoms with Gasteiger partial charge in [-0.15, -0.1) is 12.4 Å². The molecular weight excluding hydrogens is 543 g/mol. The van der Waals surface area contributed by atoms with Crippen LogP contribution >= 0.6 is 12.4 Å². The Morgan fingerprint density at radius 2 is 1.77 bits per heavy atom. The molecule has 1 aliphatic rings. The number of aromatic nitrogens is 3. The molecule has 0 unspecified atom stereocenters. The van der Waals surface area contributed by atoms with Gasteiger partial charge in [0.1, 0.15) is 24.2 Å². The van der Waals surface area contributed by atoms with Crippen molar-refractivity contribution in [3.8, 4) is 17.2 Å². The minimum absolute atomic E-state index is 0. The maximum Gasteiger partial charge on any atom is 0.405 e. The smallest absolute Gasteiger partial charge is 0.405 e. The van der Waals surface area contributed by atoms with E-state index in [1.807, 2.05) is 6.92 Å². The number of aliphatic hydroxyl groups excluding tert-OH is 2. The third-order valence-corrected chi connectivity index (χ3v) is 6.63. The summed E-state index contributed by atoms with van der Waals surface area (Å²) in [7, 11) is 0. The molecule has 5 N–H and O–H groups in total. The monoisotopic (exact) mass is 575 g/mol. The largest absolute Gasteiger partial charge is 0.478 e. The van der Waals surface area contributed by atoms with E-state index >= 15 is 0 Å². The van der Waals surface area contributed by atoms with Crippen molar-refractivity contribution in [2.75, 3.05) is 23.8 Å². The summed E-state index contributed by atoms with van der Waals surface area (Å²) in [5.74, 6) is -0.0760. The Kier molecular flexibility index (Phi) is 8.90. The van der Waals surface area contributed by atoms with E-state index in [1.54, 1.807) is 26.0 Å². The SMILES string of the molecule is CCOc1cc2cc(-c3c(C)nc(NCC(F)(F)F)nc3N[C@@H]3C[C@H](C(C)(C)O)[C@@H](O)[C@H]3O)oc2c(C)n1.Cl. The van der Waals surface area contributed by atoms with Crippen LogP contribution in [0.4, 0.5) is 24.9 Å². The lowest BCUT2D eigenvalue weighted by Crippen LogP contribution is -2.40. The molecule has 3 aromatic rings. The molecule has 0 saturated heterocycles. The quantitative estimate of drug-likeness (QED) is 0.267. The molecule has 1 aliphatic carbocycles. The minimum Gasteiger partial charge on any atom is -0.478 e. The predicted molar refractivity (Wildman–Crippen MR) is 141 cm³/mol. The number of nitrogens with one attached hydrogen (secondary N) is 2. The lowest BCUT2D eigenvalue weighted by molar-refractivity contribution is -0.115. The summed E-state index contributed by atoms with van der Waals surface area (Å²) in [5, 5.41) is 37.7. The first-order valence-electron chi connectivity index (χ1n) is 12.3. The third-order valence-electron chi connectivity index (χ3n) is 6.63. The summed E-state index contributed by atoms with van der Waals surface area (Å²) in [5.41, 5.74) is 0.475. The van der Waals surface area contributed by atoms with Gasteiger partial charge in [0.2, 0.25) is 11.8 Å². The van der Waals surface area contributed by atoms with Gasteiger partial charge in [-0.05, 0) is 47.1 Å². The van der Waals surface area contributed by atoms with Crippen LogP contribution in [-0.4, -0.2) is 73.5 Å². The fraction of sp³-hybridized carbons (Fsp3) is 0.560. The number of fused-ring (bicyclic) bond motifs is 1. The summed E-state index contributed by atoms with van der Waals surface area (Å²) in [6, 6.07) is 2.68. The molecule has 14 heteroatoms. The van der Waals surface area contributed by atoms with Gasteiger partial charge in [-0.2, -0.15) is 18.2 Å². The van der Waals surface area contributed by atoms with E-state index in [4.69, 9.17) is 9.15 Å². The van der Waals surface area contributed by atoms with E-state index in [-0.39, 0.29) is 30.6 Å². The highest BCUT2D eigenvalue weighted by Crippen LogP contribution is 2.40. The molecule has 0 amide bonds. The molecule has 0 aromatic carbocycles. The van der Waals surface area contributed by atoms with Gasteiger partial charge in [-0.3, -0.25) is 0 Å². The van der Waals surface area contributed by atoms with Crippen molar-refractivity contribution in [3.05, 3.63) is 23.5 Å². The van der Waals surface area contributed by atoms with Gasteiger partial charge in [-0.1, -0.05) is 0 Å². The molecule has 39 heavy (non-hydrogen) atoms. The molecule has 0 aliphatic heterocycles. The van der Waals surface area contributed by atoms with Crippen LogP contribution in [0.3, 0.4) is 0 Å². The fourth-order valence-electron chi connectivity index (χ4n) is 4.81. The first kappa shape index (κ1) is 30.7. The van der Waals surface area contributed by atoms with Crippen LogP contribution in [0.1, 0.15) is 38.6 Å². The van der Waals surface area contributed by atoms with E-state index in [2.05, 4.69) is 25.6 Å². The summed E-state index contributed by atoms with van der Waals surface area (Å²) < 4.78 is 50.2. The van der Waals surface area contributed by atoms with Crippen LogP contribution in [0.25, 0.3) is 22.3 Å². The number of anilines is 2. The maximum atomic E-state index is 12.9. The zero-order chi connectivity index (χ0) is 28.0. The molecule has 216 valence electrons. The first-order chi connectivity index (χ1) is 17.7. The Labute approximate surface area is 229 Å². The zero-order valence-corrected chi connectivity index (χ0v) is 22.9. The summed E-state index contributed by atoms with van der Waals surface area (Å²) >= 11 is 0. The number of ether oxygens (including phenoxy) is 1. The second-order valence-electron chi connectivity index (χ2n) is 10.1. The number of hydrogen-bond acceptors (Lipinski definition) is 10. The average molecular weight is 576 g/mol. The second-order valence-corrected chi connectivity index (χ2v) is 10.1. The zero-order valence-electron chi connectivity index (χ0n) is 22.1. The van der Waals surface area contributed by atoms with Crippen molar-refractivity contribution >= 4 is 35.1 Å². The highest BCUT2D eigenvalue weighted by molar-refractivity contribution is 5.88. The Morgan fingerprint density at radius 1 is 1.08 bits per heavy atom. The van der Waals surface area contributed by atoms with Crippen molar-refractivity contribution < 1.29 is 37.6 Å². The third kappa shape index (κ3) is 6.65. The van der Waals surface area contributed by atoms with E-state index < -0.39 is 42.5 Å². The molecular formula is C25H33ClF3N5O5. The normalized spacial score (nSPS) is 21.6. The van der Waals surface area contributed by atoms with Gasteiger partial charge < -0.3 is 35.1 Å². The number of hydrogen-bond donors (Lipinski definition) is 5. The van der Waals surface area contributed by atoms with Crippen LogP contribution in [0.2, 0.25) is 0 Å². The summed E-state index contributed by atoms with van der Waals surface area (Å²) in [4.78, 5) is 12.8. The standard InChI is InChI=1S/C25H32F3N5O5.ClH/c1-6-37-17-8-13-7-16(38-21(13)12(3)30-17)18-11(2)31-23(29-10-25(26,27)28)33-22(18)32-15-9-14(24(4,5)36)19(34)20(15)35;/h7-8,14-15,19-20,34-36H,6,9-10H2,1-5H3,(H2,29,31,32,33);1H/t14-,15+,19+,20-;/m0./s1. The van der Waals surface area contributed by atoms with Gasteiger partial charge in [-0.25, -0.2) is 9.97 Å². The Balaban J connectivity index is 0.00000420. The van der Waals surface area contributed by atoms with E-state index in [0.29, 0.717) is 46.2 Å². The number of nitrogens with zero attached hydrogens (tertiary/aromatic N) is 3. The summed E-state index contributed by atoms with van der Waals surface area (Å²) in [6.07, 6.45) is -6.80. The Morgan fingerprint density at radius 3 is 2.36 bits per heavy atom. The minimum atomic E-state index is -4.49. The number of aryl methyl sites for hydroxylation is 2. The first-order valence-corrected chi connectivity index (χ1v) is 12.3. The average Bonchev–Trinajstić information content (AvgIpc) is 3.34. The summed E-state index contributed by atoms with van der Waals surface area (Å²) in [6.45, 7) is 7.37. The van der Waals surface area contributed by atoms with Crippen molar-refractivity contribution in [1.29, 1.82) is 0 Å². The number of pyridine rings is 1.